The summed E-state index contributed by atoms with van der Waals surface area (Å²) in [7, 11) is 0. The predicted molar refractivity (Wildman–Crippen MR) is 103 cm³/mol. The fourth-order valence-corrected chi connectivity index (χ4v) is 3.28. The lowest BCUT2D eigenvalue weighted by atomic mass is 10.1. The van der Waals surface area contributed by atoms with Crippen LogP contribution in [0.15, 0.2) is 41.5 Å². The summed E-state index contributed by atoms with van der Waals surface area (Å²) in [5.41, 5.74) is 1.55. The molecule has 0 bridgehead atoms. The quantitative estimate of drug-likeness (QED) is 0.824. The summed E-state index contributed by atoms with van der Waals surface area (Å²) in [5.74, 6) is 0.121. The highest BCUT2D eigenvalue weighted by Crippen LogP contribution is 2.26. The first kappa shape index (κ1) is 18.5. The van der Waals surface area contributed by atoms with Crippen LogP contribution in [0, 0.1) is 0 Å². The number of aromatic nitrogens is 2. The minimum atomic E-state index is -0.188. The molecule has 1 aromatic heterocycles. The van der Waals surface area contributed by atoms with E-state index in [1.54, 1.807) is 4.90 Å². The zero-order chi connectivity index (χ0) is 18.7. The third-order valence-electron chi connectivity index (χ3n) is 4.62. The summed E-state index contributed by atoms with van der Waals surface area (Å²) in [6.45, 7) is 6.64. The Morgan fingerprint density at radius 3 is 2.50 bits per heavy atom. The van der Waals surface area contributed by atoms with Crippen LogP contribution < -0.4 is 10.5 Å². The number of nitrogens with zero attached hydrogens (tertiary/aromatic N) is 4. The highest BCUT2D eigenvalue weighted by molar-refractivity contribution is 6.33. The molecule has 1 amide bonds. The van der Waals surface area contributed by atoms with Crippen molar-refractivity contribution in [3.63, 3.8) is 0 Å². The van der Waals surface area contributed by atoms with E-state index in [1.807, 2.05) is 38.1 Å². The van der Waals surface area contributed by atoms with Crippen molar-refractivity contribution >= 4 is 23.2 Å². The SMILES string of the molecule is CC(C)c1cc(=O)n(CC(=O)N2CCN(c3ccccc3Cl)CC2)cn1. The maximum atomic E-state index is 12.5. The summed E-state index contributed by atoms with van der Waals surface area (Å²) < 4.78 is 1.37. The molecular formula is C19H23ClN4O2. The van der Waals surface area contributed by atoms with Crippen LogP contribution in [-0.2, 0) is 11.3 Å². The molecule has 0 N–H and O–H groups in total. The monoisotopic (exact) mass is 374 g/mol. The number of piperazine rings is 1. The van der Waals surface area contributed by atoms with Crippen molar-refractivity contribution < 1.29 is 4.79 Å². The van der Waals surface area contributed by atoms with Gasteiger partial charge in [0, 0.05) is 32.2 Å². The Morgan fingerprint density at radius 2 is 1.88 bits per heavy atom. The van der Waals surface area contributed by atoms with Gasteiger partial charge in [0.15, 0.2) is 0 Å². The van der Waals surface area contributed by atoms with Crippen molar-refractivity contribution in [2.45, 2.75) is 26.3 Å². The molecule has 2 heterocycles. The van der Waals surface area contributed by atoms with Crippen molar-refractivity contribution in [3.05, 3.63) is 57.7 Å². The van der Waals surface area contributed by atoms with Crippen LogP contribution in [0.4, 0.5) is 5.69 Å². The smallest absolute Gasteiger partial charge is 0.254 e. The van der Waals surface area contributed by atoms with Gasteiger partial charge in [0.2, 0.25) is 5.91 Å². The Bertz CT molecular complexity index is 841. The fourth-order valence-electron chi connectivity index (χ4n) is 3.03. The highest BCUT2D eigenvalue weighted by atomic mass is 35.5. The van der Waals surface area contributed by atoms with E-state index in [2.05, 4.69) is 9.88 Å². The molecule has 0 aliphatic carbocycles. The molecule has 0 radical (unpaired) electrons. The van der Waals surface area contributed by atoms with E-state index in [9.17, 15) is 9.59 Å². The molecule has 6 nitrogen and oxygen atoms in total. The van der Waals surface area contributed by atoms with Gasteiger partial charge in [0.25, 0.3) is 5.56 Å². The Kier molecular flexibility index (Phi) is 5.61. The van der Waals surface area contributed by atoms with Gasteiger partial charge in [-0.2, -0.15) is 0 Å². The van der Waals surface area contributed by atoms with E-state index in [4.69, 9.17) is 11.6 Å². The Hall–Kier alpha value is -2.34. The normalized spacial score (nSPS) is 14.8. The summed E-state index contributed by atoms with van der Waals surface area (Å²) in [6, 6.07) is 9.23. The number of benzene rings is 1. The molecule has 1 fully saturated rings. The van der Waals surface area contributed by atoms with Crippen LogP contribution in [0.25, 0.3) is 0 Å². The van der Waals surface area contributed by atoms with Gasteiger partial charge >= 0.3 is 0 Å². The van der Waals surface area contributed by atoms with Gasteiger partial charge in [-0.15, -0.1) is 0 Å². The fraction of sp³-hybridized carbons (Fsp3) is 0.421. The standard InChI is InChI=1S/C19H23ClN4O2/c1-14(2)16-11-18(25)24(13-21-16)12-19(26)23-9-7-22(8-10-23)17-6-4-3-5-15(17)20/h3-6,11,13-14H,7-10,12H2,1-2H3. The molecule has 26 heavy (non-hydrogen) atoms. The first-order valence-electron chi connectivity index (χ1n) is 8.79. The van der Waals surface area contributed by atoms with Gasteiger partial charge < -0.3 is 9.80 Å². The topological polar surface area (TPSA) is 58.4 Å². The lowest BCUT2D eigenvalue weighted by molar-refractivity contribution is -0.132. The average Bonchev–Trinajstić information content (AvgIpc) is 2.63. The maximum Gasteiger partial charge on any atom is 0.254 e. The number of rotatable bonds is 4. The molecular weight excluding hydrogens is 352 g/mol. The highest BCUT2D eigenvalue weighted by Gasteiger charge is 2.22. The number of para-hydroxylation sites is 1. The van der Waals surface area contributed by atoms with Crippen molar-refractivity contribution in [2.75, 3.05) is 31.1 Å². The molecule has 1 saturated heterocycles. The minimum absolute atomic E-state index is 0.0241. The molecule has 1 aliphatic rings. The number of halogens is 1. The van der Waals surface area contributed by atoms with E-state index in [0.717, 1.165) is 29.5 Å². The van der Waals surface area contributed by atoms with Crippen molar-refractivity contribution in [1.82, 2.24) is 14.5 Å². The van der Waals surface area contributed by atoms with E-state index in [0.29, 0.717) is 13.1 Å². The second kappa shape index (κ2) is 7.91. The van der Waals surface area contributed by atoms with Crippen LogP contribution in [0.2, 0.25) is 5.02 Å². The number of carbonyl (C=O) groups excluding carboxylic acids is 1. The first-order valence-corrected chi connectivity index (χ1v) is 9.17. The third-order valence-corrected chi connectivity index (χ3v) is 4.94. The van der Waals surface area contributed by atoms with Crippen LogP contribution in [-0.4, -0.2) is 46.5 Å². The van der Waals surface area contributed by atoms with Crippen LogP contribution in [0.5, 0.6) is 0 Å². The van der Waals surface area contributed by atoms with Crippen LogP contribution in [0.3, 0.4) is 0 Å². The molecule has 2 aromatic rings. The molecule has 0 spiro atoms. The zero-order valence-corrected chi connectivity index (χ0v) is 15.8. The molecule has 0 saturated carbocycles. The van der Waals surface area contributed by atoms with Crippen molar-refractivity contribution in [1.29, 1.82) is 0 Å². The van der Waals surface area contributed by atoms with Gasteiger partial charge in [-0.05, 0) is 18.1 Å². The molecule has 7 heteroatoms. The van der Waals surface area contributed by atoms with Crippen molar-refractivity contribution in [3.8, 4) is 0 Å². The Morgan fingerprint density at radius 1 is 1.19 bits per heavy atom. The van der Waals surface area contributed by atoms with Gasteiger partial charge in [-0.3, -0.25) is 14.2 Å². The minimum Gasteiger partial charge on any atom is -0.367 e. The van der Waals surface area contributed by atoms with Gasteiger partial charge in [-0.1, -0.05) is 37.6 Å². The number of amides is 1. The summed E-state index contributed by atoms with van der Waals surface area (Å²) in [4.78, 5) is 32.9. The average molecular weight is 375 g/mol. The largest absolute Gasteiger partial charge is 0.367 e. The van der Waals surface area contributed by atoms with Gasteiger partial charge in [0.05, 0.1) is 22.7 Å². The lowest BCUT2D eigenvalue weighted by Gasteiger charge is -2.36. The summed E-state index contributed by atoms with van der Waals surface area (Å²) >= 11 is 6.25. The molecule has 138 valence electrons. The van der Waals surface area contributed by atoms with E-state index in [1.165, 1.54) is 17.0 Å². The molecule has 1 aromatic carbocycles. The van der Waals surface area contributed by atoms with Crippen LogP contribution in [0.1, 0.15) is 25.5 Å². The Balaban J connectivity index is 1.61. The van der Waals surface area contributed by atoms with E-state index >= 15 is 0 Å². The van der Waals surface area contributed by atoms with E-state index < -0.39 is 0 Å². The molecule has 0 unspecified atom stereocenters. The van der Waals surface area contributed by atoms with Gasteiger partial charge in [-0.25, -0.2) is 4.98 Å². The van der Waals surface area contributed by atoms with E-state index in [-0.39, 0.29) is 23.9 Å². The molecule has 0 atom stereocenters. The van der Waals surface area contributed by atoms with Gasteiger partial charge in [0.1, 0.15) is 6.54 Å². The van der Waals surface area contributed by atoms with Crippen LogP contribution >= 0.6 is 11.6 Å². The number of anilines is 1. The third kappa shape index (κ3) is 4.07. The zero-order valence-electron chi connectivity index (χ0n) is 15.1. The number of hydrogen-bond acceptors (Lipinski definition) is 4. The second-order valence-electron chi connectivity index (χ2n) is 6.75. The van der Waals surface area contributed by atoms with Crippen molar-refractivity contribution in [2.24, 2.45) is 0 Å². The first-order chi connectivity index (χ1) is 12.5. The second-order valence-corrected chi connectivity index (χ2v) is 7.16. The summed E-state index contributed by atoms with van der Waals surface area (Å²) in [6.07, 6.45) is 1.47. The predicted octanol–water partition coefficient (Wildman–Crippen LogP) is 2.37. The number of hydrogen-bond donors (Lipinski definition) is 0. The maximum absolute atomic E-state index is 12.5. The summed E-state index contributed by atoms with van der Waals surface area (Å²) in [5, 5.41) is 0.718. The Labute approximate surface area is 158 Å². The molecule has 1 aliphatic heterocycles. The lowest BCUT2D eigenvalue weighted by Crippen LogP contribution is -2.50. The molecule has 3 rings (SSSR count). The number of carbonyl (C=O) groups is 1.